The molecule has 1 aromatic rings. The minimum absolute atomic E-state index is 0.0115. The van der Waals surface area contributed by atoms with Gasteiger partial charge in [0.25, 0.3) is 0 Å². The monoisotopic (exact) mass is 367 g/mol. The van der Waals surface area contributed by atoms with E-state index in [4.69, 9.17) is 0 Å². The number of benzene rings is 1. The smallest absolute Gasteiger partial charge is 0.237 e. The normalized spacial score (nSPS) is 28.1. The first kappa shape index (κ1) is 15.8. The molecule has 3 unspecified atom stereocenters. The number of nitrogens with zero attached hydrogens (tertiary/aromatic N) is 1. The zero-order valence-electron chi connectivity index (χ0n) is 12.5. The number of β-amino-alcohol motifs (C(OH)–C–C–N with tert-alkyl or cyclic N) is 1. The quantitative estimate of drug-likeness (QED) is 0.745. The van der Waals surface area contributed by atoms with Gasteiger partial charge in [-0.3, -0.25) is 4.79 Å². The molecule has 2 aliphatic rings. The standard InChI is InChI=1S/C16H22BrN3O2/c17-12-2-1-3-13(6-12)20-5-4-11(10-20)8-19-16(22)15-7-14(21)9-18-15/h1-3,6,11,14-15,18,21H,4-5,7-10H2,(H,19,22). The summed E-state index contributed by atoms with van der Waals surface area (Å²) in [5, 5.41) is 15.5. The van der Waals surface area contributed by atoms with Crippen LogP contribution in [0.1, 0.15) is 12.8 Å². The molecule has 1 amide bonds. The minimum Gasteiger partial charge on any atom is -0.392 e. The fourth-order valence-corrected chi connectivity index (χ4v) is 3.58. The molecule has 0 aliphatic carbocycles. The molecule has 6 heteroatoms. The lowest BCUT2D eigenvalue weighted by Gasteiger charge is -2.19. The van der Waals surface area contributed by atoms with Crippen molar-refractivity contribution in [1.82, 2.24) is 10.6 Å². The van der Waals surface area contributed by atoms with Crippen molar-refractivity contribution in [3.05, 3.63) is 28.7 Å². The SMILES string of the molecule is O=C(NCC1CCN(c2cccc(Br)c2)C1)C1CC(O)CN1. The van der Waals surface area contributed by atoms with E-state index >= 15 is 0 Å². The molecule has 0 radical (unpaired) electrons. The first-order chi connectivity index (χ1) is 10.6. The molecule has 2 aliphatic heterocycles. The van der Waals surface area contributed by atoms with Crippen LogP contribution < -0.4 is 15.5 Å². The molecule has 0 saturated carbocycles. The second-order valence-corrected chi connectivity index (χ2v) is 7.09. The van der Waals surface area contributed by atoms with Gasteiger partial charge < -0.3 is 20.6 Å². The van der Waals surface area contributed by atoms with E-state index in [1.54, 1.807) is 0 Å². The fourth-order valence-electron chi connectivity index (χ4n) is 3.19. The highest BCUT2D eigenvalue weighted by atomic mass is 79.9. The predicted molar refractivity (Wildman–Crippen MR) is 89.9 cm³/mol. The number of aliphatic hydroxyl groups excluding tert-OH is 1. The van der Waals surface area contributed by atoms with Gasteiger partial charge in [-0.05, 0) is 37.0 Å². The lowest BCUT2D eigenvalue weighted by Crippen LogP contribution is -2.42. The second kappa shape index (κ2) is 6.98. The van der Waals surface area contributed by atoms with Gasteiger partial charge in [0.15, 0.2) is 0 Å². The number of hydrogen-bond donors (Lipinski definition) is 3. The largest absolute Gasteiger partial charge is 0.392 e. The number of aliphatic hydroxyl groups is 1. The average Bonchev–Trinajstić information content (AvgIpc) is 3.14. The third-order valence-electron chi connectivity index (χ3n) is 4.45. The molecule has 2 heterocycles. The zero-order chi connectivity index (χ0) is 15.5. The van der Waals surface area contributed by atoms with Crippen LogP contribution in [0.4, 0.5) is 5.69 Å². The van der Waals surface area contributed by atoms with Crippen molar-refractivity contribution in [1.29, 1.82) is 0 Å². The molecule has 0 bridgehead atoms. The zero-order valence-corrected chi connectivity index (χ0v) is 14.1. The van der Waals surface area contributed by atoms with Crippen molar-refractivity contribution in [3.8, 4) is 0 Å². The van der Waals surface area contributed by atoms with E-state index in [2.05, 4.69) is 43.6 Å². The number of halogens is 1. The Morgan fingerprint density at radius 3 is 3.09 bits per heavy atom. The summed E-state index contributed by atoms with van der Waals surface area (Å²) in [4.78, 5) is 14.4. The Balaban J connectivity index is 1.46. The molecule has 3 atom stereocenters. The van der Waals surface area contributed by atoms with Gasteiger partial charge in [-0.2, -0.15) is 0 Å². The molecule has 2 fully saturated rings. The van der Waals surface area contributed by atoms with Crippen LogP contribution in [0.5, 0.6) is 0 Å². The number of nitrogens with one attached hydrogen (secondary N) is 2. The predicted octanol–water partition coefficient (Wildman–Crippen LogP) is 1.11. The van der Waals surface area contributed by atoms with E-state index in [0.717, 1.165) is 24.0 Å². The highest BCUT2D eigenvalue weighted by molar-refractivity contribution is 9.10. The Bertz CT molecular complexity index is 540. The van der Waals surface area contributed by atoms with E-state index in [1.165, 1.54) is 5.69 Å². The van der Waals surface area contributed by atoms with Gasteiger partial charge in [0.1, 0.15) is 0 Å². The van der Waals surface area contributed by atoms with E-state index in [0.29, 0.717) is 25.4 Å². The number of carbonyl (C=O) groups is 1. The molecule has 22 heavy (non-hydrogen) atoms. The molecule has 120 valence electrons. The number of anilines is 1. The van der Waals surface area contributed by atoms with Crippen LogP contribution in [-0.2, 0) is 4.79 Å². The molecule has 2 saturated heterocycles. The first-order valence-electron chi connectivity index (χ1n) is 7.81. The van der Waals surface area contributed by atoms with Crippen molar-refractivity contribution >= 4 is 27.5 Å². The third-order valence-corrected chi connectivity index (χ3v) is 4.94. The summed E-state index contributed by atoms with van der Waals surface area (Å²) >= 11 is 3.51. The van der Waals surface area contributed by atoms with Crippen LogP contribution in [-0.4, -0.2) is 49.3 Å². The van der Waals surface area contributed by atoms with Crippen LogP contribution >= 0.6 is 15.9 Å². The van der Waals surface area contributed by atoms with E-state index in [1.807, 2.05) is 12.1 Å². The van der Waals surface area contributed by atoms with Crippen molar-refractivity contribution in [3.63, 3.8) is 0 Å². The number of amides is 1. The van der Waals surface area contributed by atoms with Crippen LogP contribution in [0, 0.1) is 5.92 Å². The Kier molecular flexibility index (Phi) is 5.00. The van der Waals surface area contributed by atoms with Crippen molar-refractivity contribution in [2.45, 2.75) is 25.0 Å². The average molecular weight is 368 g/mol. The summed E-state index contributed by atoms with van der Waals surface area (Å²) in [6.07, 6.45) is 1.21. The van der Waals surface area contributed by atoms with Gasteiger partial charge in [-0.25, -0.2) is 0 Å². The molecule has 3 rings (SSSR count). The Morgan fingerprint density at radius 1 is 1.50 bits per heavy atom. The summed E-state index contributed by atoms with van der Waals surface area (Å²) in [6, 6.07) is 8.09. The summed E-state index contributed by atoms with van der Waals surface area (Å²) in [5.41, 5.74) is 1.23. The van der Waals surface area contributed by atoms with Crippen LogP contribution in [0.3, 0.4) is 0 Å². The van der Waals surface area contributed by atoms with Crippen molar-refractivity contribution < 1.29 is 9.90 Å². The van der Waals surface area contributed by atoms with E-state index in [-0.39, 0.29) is 11.9 Å². The van der Waals surface area contributed by atoms with Crippen LogP contribution in [0.25, 0.3) is 0 Å². The van der Waals surface area contributed by atoms with Gasteiger partial charge in [0.2, 0.25) is 5.91 Å². The summed E-state index contributed by atoms with van der Waals surface area (Å²) in [6.45, 7) is 3.21. The maximum atomic E-state index is 12.0. The van der Waals surface area contributed by atoms with Gasteiger partial charge >= 0.3 is 0 Å². The van der Waals surface area contributed by atoms with E-state index < -0.39 is 6.10 Å². The highest BCUT2D eigenvalue weighted by Gasteiger charge is 2.29. The van der Waals surface area contributed by atoms with Crippen molar-refractivity contribution in [2.75, 3.05) is 31.1 Å². The molecule has 0 spiro atoms. The van der Waals surface area contributed by atoms with Crippen molar-refractivity contribution in [2.24, 2.45) is 5.92 Å². The third kappa shape index (κ3) is 3.80. The minimum atomic E-state index is -0.394. The maximum Gasteiger partial charge on any atom is 0.237 e. The van der Waals surface area contributed by atoms with Crippen LogP contribution in [0.15, 0.2) is 28.7 Å². The fraction of sp³-hybridized carbons (Fsp3) is 0.562. The number of carbonyl (C=O) groups excluding carboxylic acids is 1. The van der Waals surface area contributed by atoms with E-state index in [9.17, 15) is 9.90 Å². The Labute approximate surface area is 139 Å². The molecule has 5 nitrogen and oxygen atoms in total. The van der Waals surface area contributed by atoms with Crippen LogP contribution in [0.2, 0.25) is 0 Å². The van der Waals surface area contributed by atoms with Gasteiger partial charge in [-0.1, -0.05) is 22.0 Å². The number of rotatable bonds is 4. The summed E-state index contributed by atoms with van der Waals surface area (Å²) < 4.78 is 1.09. The molecule has 0 aromatic heterocycles. The number of hydrogen-bond acceptors (Lipinski definition) is 4. The maximum absolute atomic E-state index is 12.0. The lowest BCUT2D eigenvalue weighted by atomic mass is 10.1. The van der Waals surface area contributed by atoms with Gasteiger partial charge in [0.05, 0.1) is 12.1 Å². The molecule has 3 N–H and O–H groups in total. The van der Waals surface area contributed by atoms with Gasteiger partial charge in [0, 0.05) is 36.3 Å². The first-order valence-corrected chi connectivity index (χ1v) is 8.61. The molecular formula is C16H22BrN3O2. The Hall–Kier alpha value is -1.11. The highest BCUT2D eigenvalue weighted by Crippen LogP contribution is 2.25. The molecular weight excluding hydrogens is 346 g/mol. The summed E-state index contributed by atoms with van der Waals surface area (Å²) in [7, 11) is 0. The topological polar surface area (TPSA) is 64.6 Å². The molecule has 1 aromatic carbocycles. The second-order valence-electron chi connectivity index (χ2n) is 6.18. The Morgan fingerprint density at radius 2 is 2.36 bits per heavy atom. The summed E-state index contributed by atoms with van der Waals surface area (Å²) in [5.74, 6) is 0.492. The lowest BCUT2D eigenvalue weighted by molar-refractivity contribution is -0.123. The van der Waals surface area contributed by atoms with Gasteiger partial charge in [-0.15, -0.1) is 0 Å².